The van der Waals surface area contributed by atoms with Crippen LogP contribution in [0.5, 0.6) is 0 Å². The van der Waals surface area contributed by atoms with Gasteiger partial charge in [0.05, 0.1) is 16.7 Å². The SMILES string of the molecule is CCCCN1C(=O)C2(Nc3ccccc3-c3nc4ccccc4n32)c2cc(Cl)ccc21. The lowest BCUT2D eigenvalue weighted by atomic mass is 9.95. The third-order valence-electron chi connectivity index (χ3n) is 6.31. The Balaban J connectivity index is 1.72. The number of benzene rings is 3. The van der Waals surface area contributed by atoms with Gasteiger partial charge in [-0.25, -0.2) is 4.98 Å². The third kappa shape index (κ3) is 2.38. The van der Waals surface area contributed by atoms with Gasteiger partial charge in [0, 0.05) is 28.4 Å². The van der Waals surface area contributed by atoms with E-state index in [-0.39, 0.29) is 5.91 Å². The Morgan fingerprint density at radius 1 is 1.06 bits per heavy atom. The van der Waals surface area contributed by atoms with E-state index in [1.165, 1.54) is 0 Å². The molecule has 1 unspecified atom stereocenters. The van der Waals surface area contributed by atoms with E-state index in [2.05, 4.69) is 16.8 Å². The van der Waals surface area contributed by atoms with Gasteiger partial charge in [0.1, 0.15) is 5.82 Å². The average molecular weight is 429 g/mol. The Bertz CT molecular complexity index is 1360. The molecule has 0 bridgehead atoms. The van der Waals surface area contributed by atoms with Crippen molar-refractivity contribution in [1.29, 1.82) is 0 Å². The molecule has 2 aliphatic heterocycles. The molecule has 3 aromatic carbocycles. The van der Waals surface area contributed by atoms with Crippen LogP contribution in [0.15, 0.2) is 66.7 Å². The zero-order valence-electron chi connectivity index (χ0n) is 17.1. The van der Waals surface area contributed by atoms with Gasteiger partial charge in [0.25, 0.3) is 5.91 Å². The zero-order chi connectivity index (χ0) is 21.2. The van der Waals surface area contributed by atoms with Crippen LogP contribution in [-0.2, 0) is 10.5 Å². The first kappa shape index (κ1) is 18.5. The van der Waals surface area contributed by atoms with Crippen molar-refractivity contribution >= 4 is 39.9 Å². The summed E-state index contributed by atoms with van der Waals surface area (Å²) in [7, 11) is 0. The van der Waals surface area contributed by atoms with Crippen LogP contribution >= 0.6 is 11.6 Å². The minimum absolute atomic E-state index is 0.00266. The molecule has 31 heavy (non-hydrogen) atoms. The lowest BCUT2D eigenvalue weighted by Crippen LogP contribution is -2.53. The summed E-state index contributed by atoms with van der Waals surface area (Å²) in [6.07, 6.45) is 1.94. The Kier molecular flexibility index (Phi) is 3.93. The summed E-state index contributed by atoms with van der Waals surface area (Å²) in [6, 6.07) is 21.7. The van der Waals surface area contributed by atoms with Crippen LogP contribution in [0.25, 0.3) is 22.4 Å². The van der Waals surface area contributed by atoms with Crippen LogP contribution in [-0.4, -0.2) is 22.0 Å². The molecule has 1 amide bonds. The number of hydrogen-bond acceptors (Lipinski definition) is 3. The smallest absolute Gasteiger partial charge is 0.279 e. The summed E-state index contributed by atoms with van der Waals surface area (Å²) in [5.41, 5.74) is 4.27. The third-order valence-corrected chi connectivity index (χ3v) is 6.54. The fourth-order valence-corrected chi connectivity index (χ4v) is 5.08. The molecule has 4 aromatic rings. The average Bonchev–Trinajstić information content (AvgIpc) is 3.28. The van der Waals surface area contributed by atoms with Crippen LogP contribution in [0, 0.1) is 0 Å². The molecule has 5 nitrogen and oxygen atoms in total. The number of nitrogens with zero attached hydrogens (tertiary/aromatic N) is 3. The molecule has 1 N–H and O–H groups in total. The van der Waals surface area contributed by atoms with Crippen molar-refractivity contribution in [2.45, 2.75) is 25.4 Å². The number of hydrogen-bond donors (Lipinski definition) is 1. The summed E-state index contributed by atoms with van der Waals surface area (Å²) < 4.78 is 2.06. The second kappa shape index (κ2) is 6.59. The van der Waals surface area contributed by atoms with Crippen LogP contribution in [0.2, 0.25) is 5.02 Å². The molecule has 2 aliphatic rings. The van der Waals surface area contributed by atoms with E-state index >= 15 is 0 Å². The molecule has 1 spiro atoms. The first-order valence-corrected chi connectivity index (χ1v) is 11.0. The van der Waals surface area contributed by atoms with Gasteiger partial charge in [-0.3, -0.25) is 9.36 Å². The Morgan fingerprint density at radius 3 is 2.74 bits per heavy atom. The number of nitrogens with one attached hydrogen (secondary N) is 1. The summed E-state index contributed by atoms with van der Waals surface area (Å²) >= 11 is 6.46. The number of anilines is 2. The zero-order valence-corrected chi connectivity index (χ0v) is 17.9. The first-order chi connectivity index (χ1) is 15.1. The fraction of sp³-hybridized carbons (Fsp3) is 0.200. The highest BCUT2D eigenvalue weighted by atomic mass is 35.5. The van der Waals surface area contributed by atoms with E-state index in [9.17, 15) is 4.79 Å². The quantitative estimate of drug-likeness (QED) is 0.460. The molecule has 0 fully saturated rings. The standard InChI is InChI=1S/C25H21ClN4O/c1-2-3-14-29-21-13-12-16(26)15-18(21)25(24(29)31)28-19-9-5-4-8-17(19)23-27-20-10-6-7-11-22(20)30(23)25/h4-13,15,28H,2-3,14H2,1H3. The van der Waals surface area contributed by atoms with Crippen molar-refractivity contribution in [2.24, 2.45) is 0 Å². The van der Waals surface area contributed by atoms with E-state index in [1.54, 1.807) is 0 Å². The number of fused-ring (bicyclic) bond motifs is 8. The molecule has 0 saturated carbocycles. The maximum absolute atomic E-state index is 14.2. The number of carbonyl (C=O) groups excluding carboxylic acids is 1. The molecule has 1 atom stereocenters. The maximum Gasteiger partial charge on any atom is 0.279 e. The van der Waals surface area contributed by atoms with Gasteiger partial charge in [0.15, 0.2) is 0 Å². The monoisotopic (exact) mass is 428 g/mol. The summed E-state index contributed by atoms with van der Waals surface area (Å²) in [5, 5.41) is 4.23. The van der Waals surface area contributed by atoms with Crippen LogP contribution in [0.4, 0.5) is 11.4 Å². The number of para-hydroxylation sites is 3. The normalized spacial score (nSPS) is 18.8. The molecule has 6 rings (SSSR count). The van der Waals surface area contributed by atoms with Crippen molar-refractivity contribution < 1.29 is 4.79 Å². The lowest BCUT2D eigenvalue weighted by Gasteiger charge is -2.38. The predicted molar refractivity (Wildman–Crippen MR) is 125 cm³/mol. The van der Waals surface area contributed by atoms with Crippen molar-refractivity contribution in [2.75, 3.05) is 16.8 Å². The van der Waals surface area contributed by atoms with E-state index in [4.69, 9.17) is 16.6 Å². The van der Waals surface area contributed by atoms with E-state index in [1.807, 2.05) is 71.6 Å². The Hall–Kier alpha value is -3.31. The van der Waals surface area contributed by atoms with E-state index in [0.29, 0.717) is 11.6 Å². The summed E-state index contributed by atoms with van der Waals surface area (Å²) in [4.78, 5) is 21.1. The van der Waals surface area contributed by atoms with Crippen molar-refractivity contribution in [1.82, 2.24) is 9.55 Å². The van der Waals surface area contributed by atoms with Crippen LogP contribution in [0.3, 0.4) is 0 Å². The molecular formula is C25H21ClN4O. The second-order valence-electron chi connectivity index (χ2n) is 8.11. The predicted octanol–water partition coefficient (Wildman–Crippen LogP) is 5.63. The minimum atomic E-state index is -1.13. The Labute approximate surface area is 185 Å². The largest absolute Gasteiger partial charge is 0.350 e. The summed E-state index contributed by atoms with van der Waals surface area (Å²) in [6.45, 7) is 2.80. The highest BCUT2D eigenvalue weighted by Crippen LogP contribution is 2.51. The number of rotatable bonds is 3. The van der Waals surface area contributed by atoms with Crippen molar-refractivity contribution in [3.8, 4) is 11.4 Å². The Morgan fingerprint density at radius 2 is 1.87 bits per heavy atom. The van der Waals surface area contributed by atoms with E-state index < -0.39 is 5.66 Å². The van der Waals surface area contributed by atoms with Gasteiger partial charge in [-0.1, -0.05) is 49.2 Å². The molecular weight excluding hydrogens is 408 g/mol. The molecule has 3 heterocycles. The summed E-state index contributed by atoms with van der Waals surface area (Å²) in [5.74, 6) is 0.782. The molecule has 0 aliphatic carbocycles. The highest BCUT2D eigenvalue weighted by molar-refractivity contribution is 6.31. The van der Waals surface area contributed by atoms with Gasteiger partial charge in [-0.05, 0) is 48.9 Å². The second-order valence-corrected chi connectivity index (χ2v) is 8.55. The molecule has 154 valence electrons. The number of amides is 1. The highest BCUT2D eigenvalue weighted by Gasteiger charge is 2.56. The van der Waals surface area contributed by atoms with Gasteiger partial charge >= 0.3 is 0 Å². The molecule has 1 aromatic heterocycles. The van der Waals surface area contributed by atoms with Gasteiger partial charge < -0.3 is 10.2 Å². The lowest BCUT2D eigenvalue weighted by molar-refractivity contribution is -0.123. The van der Waals surface area contributed by atoms with Crippen LogP contribution in [0.1, 0.15) is 25.3 Å². The molecule has 0 radical (unpaired) electrons. The minimum Gasteiger partial charge on any atom is -0.350 e. The molecule has 0 saturated heterocycles. The van der Waals surface area contributed by atoms with Gasteiger partial charge in [-0.2, -0.15) is 0 Å². The van der Waals surface area contributed by atoms with Gasteiger partial charge in [-0.15, -0.1) is 0 Å². The number of unbranched alkanes of at least 4 members (excludes halogenated alkanes) is 1. The van der Waals surface area contributed by atoms with E-state index in [0.717, 1.165) is 52.2 Å². The fourth-order valence-electron chi connectivity index (χ4n) is 4.91. The van der Waals surface area contributed by atoms with Crippen molar-refractivity contribution in [3.63, 3.8) is 0 Å². The first-order valence-electron chi connectivity index (χ1n) is 10.6. The topological polar surface area (TPSA) is 50.2 Å². The van der Waals surface area contributed by atoms with Crippen LogP contribution < -0.4 is 10.2 Å². The van der Waals surface area contributed by atoms with Crippen molar-refractivity contribution in [3.05, 3.63) is 77.3 Å². The molecule has 6 heteroatoms. The number of carbonyl (C=O) groups is 1. The number of aromatic nitrogens is 2. The maximum atomic E-state index is 14.2. The number of imidazole rings is 1. The number of halogens is 1. The van der Waals surface area contributed by atoms with Gasteiger partial charge in [0.2, 0.25) is 5.66 Å².